The molecule has 0 atom stereocenters. The van der Waals surface area contributed by atoms with Gasteiger partial charge in [0, 0.05) is 6.42 Å². The van der Waals surface area contributed by atoms with Gasteiger partial charge in [-0.1, -0.05) is 161 Å². The number of hydrogen-bond acceptors (Lipinski definition) is 4. The Morgan fingerprint density at radius 2 is 0.825 bits per heavy atom. The summed E-state index contributed by atoms with van der Waals surface area (Å²) in [5.74, 6) is -0.624. The van der Waals surface area contributed by atoms with Gasteiger partial charge in [0.15, 0.2) is 0 Å². The summed E-state index contributed by atoms with van der Waals surface area (Å²) in [6.45, 7) is 4.52. The first-order valence-electron chi connectivity index (χ1n) is 17.1. The first kappa shape index (κ1) is 42.3. The van der Waals surface area contributed by atoms with Gasteiger partial charge in [0.05, 0.1) is 5.75 Å². The molecule has 0 aromatic carbocycles. The Labute approximate surface area is 273 Å². The van der Waals surface area contributed by atoms with Crippen molar-refractivity contribution in [3.8, 4) is 0 Å². The van der Waals surface area contributed by atoms with Crippen LogP contribution in [-0.2, 0) is 19.1 Å². The van der Waals surface area contributed by atoms with Crippen molar-refractivity contribution in [1.29, 1.82) is 0 Å². The standard InChI is InChI=1S/C34H66O4S.Na.H/c1-3-5-7-9-11-13-15-17-19-20-22-24-26-28-30-32-34(35)38-39(36,37)33-31-29-27-25-23-21-18-16-14-12-10-8-6-4-2;;/h17,19H,3-16,18,20-33H2,1-2H3;;/b19-17-;;. The summed E-state index contributed by atoms with van der Waals surface area (Å²) in [4.78, 5) is 11.9. The number of carbonyl (C=O) groups excluding carboxylic acids is 1. The minimum atomic E-state index is -3.72. The normalized spacial score (nSPS) is 11.7. The van der Waals surface area contributed by atoms with E-state index in [1.807, 2.05) is 0 Å². The van der Waals surface area contributed by atoms with Gasteiger partial charge in [0.2, 0.25) is 0 Å². The molecule has 0 aliphatic rings. The van der Waals surface area contributed by atoms with Crippen LogP contribution in [0.25, 0.3) is 0 Å². The average Bonchev–Trinajstić information content (AvgIpc) is 2.90. The summed E-state index contributed by atoms with van der Waals surface area (Å²) in [6, 6.07) is 0. The SMILES string of the molecule is CCCCCCCC/C=C\CCCCCCCC(=O)OS(=O)(=O)CCCCCCCCCCCCCCCC.[NaH]. The van der Waals surface area contributed by atoms with Crippen LogP contribution in [0.1, 0.15) is 194 Å². The number of carbonyl (C=O) groups is 1. The van der Waals surface area contributed by atoms with E-state index in [2.05, 4.69) is 26.0 Å². The van der Waals surface area contributed by atoms with E-state index in [1.54, 1.807) is 0 Å². The van der Waals surface area contributed by atoms with Gasteiger partial charge in [-0.3, -0.25) is 4.79 Å². The van der Waals surface area contributed by atoms with Crippen molar-refractivity contribution in [3.05, 3.63) is 12.2 Å². The molecule has 0 N–H and O–H groups in total. The van der Waals surface area contributed by atoms with E-state index in [0.29, 0.717) is 12.8 Å². The van der Waals surface area contributed by atoms with Crippen LogP contribution in [0.3, 0.4) is 0 Å². The predicted molar refractivity (Wildman–Crippen MR) is 177 cm³/mol. The van der Waals surface area contributed by atoms with Crippen LogP contribution < -0.4 is 0 Å². The molecule has 0 fully saturated rings. The van der Waals surface area contributed by atoms with Crippen LogP contribution in [0, 0.1) is 0 Å². The summed E-state index contributed by atoms with van der Waals surface area (Å²) in [6.07, 6.45) is 37.6. The van der Waals surface area contributed by atoms with Gasteiger partial charge in [0.1, 0.15) is 0 Å². The fraction of sp³-hybridized carbons (Fsp3) is 0.912. The van der Waals surface area contributed by atoms with Gasteiger partial charge >= 0.3 is 45.6 Å². The van der Waals surface area contributed by atoms with Crippen molar-refractivity contribution in [2.45, 2.75) is 194 Å². The Kier molecular flexibility index (Phi) is 35.6. The molecule has 0 unspecified atom stereocenters. The number of hydrogen-bond donors (Lipinski definition) is 0. The third-order valence-corrected chi connectivity index (χ3v) is 8.84. The van der Waals surface area contributed by atoms with Gasteiger partial charge in [-0.2, -0.15) is 8.42 Å². The monoisotopic (exact) mass is 594 g/mol. The number of unbranched alkanes of at least 4 members (excludes halogenated alkanes) is 24. The summed E-state index contributed by atoms with van der Waals surface area (Å²) in [5, 5.41) is 0. The molecule has 0 amide bonds. The third kappa shape index (κ3) is 34.4. The van der Waals surface area contributed by atoms with Gasteiger partial charge in [-0.05, 0) is 38.5 Å². The van der Waals surface area contributed by atoms with Gasteiger partial charge in [-0.25, -0.2) is 0 Å². The van der Waals surface area contributed by atoms with E-state index in [0.717, 1.165) is 38.5 Å². The molecule has 0 saturated carbocycles. The molecule has 0 heterocycles. The molecule has 0 spiro atoms. The zero-order valence-electron chi connectivity index (χ0n) is 26.2. The minimum absolute atomic E-state index is 0. The van der Waals surface area contributed by atoms with E-state index in [4.69, 9.17) is 4.18 Å². The molecular formula is C34H67NaO4S. The maximum absolute atomic E-state index is 12.1. The first-order valence-corrected chi connectivity index (χ1v) is 18.7. The molecule has 0 saturated heterocycles. The van der Waals surface area contributed by atoms with Crippen molar-refractivity contribution in [1.82, 2.24) is 0 Å². The van der Waals surface area contributed by atoms with E-state index in [1.165, 1.54) is 122 Å². The van der Waals surface area contributed by atoms with E-state index >= 15 is 0 Å². The zero-order chi connectivity index (χ0) is 28.7. The molecule has 0 rings (SSSR count). The Morgan fingerprint density at radius 3 is 1.23 bits per heavy atom. The van der Waals surface area contributed by atoms with Crippen LogP contribution in [0.4, 0.5) is 0 Å². The molecular weight excluding hydrogens is 527 g/mol. The van der Waals surface area contributed by atoms with Crippen LogP contribution in [0.5, 0.6) is 0 Å². The van der Waals surface area contributed by atoms with Gasteiger partial charge in [-0.15, -0.1) is 0 Å². The van der Waals surface area contributed by atoms with E-state index in [9.17, 15) is 13.2 Å². The number of rotatable bonds is 31. The van der Waals surface area contributed by atoms with Crippen molar-refractivity contribution < 1.29 is 17.4 Å². The Bertz CT molecular complexity index is 648. The maximum atomic E-state index is 12.1. The molecule has 4 nitrogen and oxygen atoms in total. The van der Waals surface area contributed by atoms with Crippen molar-refractivity contribution in [3.63, 3.8) is 0 Å². The van der Waals surface area contributed by atoms with Crippen LogP contribution in [0.2, 0.25) is 0 Å². The first-order chi connectivity index (χ1) is 19.0. The van der Waals surface area contributed by atoms with Crippen LogP contribution >= 0.6 is 0 Å². The average molecular weight is 595 g/mol. The Morgan fingerprint density at radius 1 is 0.500 bits per heavy atom. The quantitative estimate of drug-likeness (QED) is 0.0347. The molecule has 0 aromatic heterocycles. The van der Waals surface area contributed by atoms with Gasteiger partial charge < -0.3 is 4.18 Å². The second-order valence-electron chi connectivity index (χ2n) is 11.6. The molecule has 0 aromatic rings. The zero-order valence-corrected chi connectivity index (χ0v) is 27.0. The molecule has 6 heteroatoms. The Hall–Kier alpha value is 0.160. The predicted octanol–water partition coefficient (Wildman–Crippen LogP) is 10.7. The van der Waals surface area contributed by atoms with Crippen molar-refractivity contribution in [2.24, 2.45) is 0 Å². The second-order valence-corrected chi connectivity index (χ2v) is 13.3. The summed E-state index contributed by atoms with van der Waals surface area (Å²) < 4.78 is 28.9. The van der Waals surface area contributed by atoms with Gasteiger partial charge in [0.25, 0.3) is 0 Å². The summed E-state index contributed by atoms with van der Waals surface area (Å²) in [5.41, 5.74) is 0. The summed E-state index contributed by atoms with van der Waals surface area (Å²) in [7, 11) is -3.72. The van der Waals surface area contributed by atoms with E-state index < -0.39 is 16.1 Å². The van der Waals surface area contributed by atoms with E-state index in [-0.39, 0.29) is 41.7 Å². The summed E-state index contributed by atoms with van der Waals surface area (Å²) >= 11 is 0. The number of allylic oxidation sites excluding steroid dienone is 2. The van der Waals surface area contributed by atoms with Crippen molar-refractivity contribution in [2.75, 3.05) is 5.75 Å². The molecule has 40 heavy (non-hydrogen) atoms. The molecule has 0 bridgehead atoms. The molecule has 0 aliphatic carbocycles. The molecule has 0 radical (unpaired) electrons. The molecule has 234 valence electrons. The fourth-order valence-corrected chi connectivity index (χ4v) is 6.05. The van der Waals surface area contributed by atoms with Crippen LogP contribution in [0.15, 0.2) is 12.2 Å². The van der Waals surface area contributed by atoms with Crippen molar-refractivity contribution >= 4 is 45.6 Å². The molecule has 0 aliphatic heterocycles. The second kappa shape index (κ2) is 33.7. The third-order valence-electron chi connectivity index (χ3n) is 7.61. The topological polar surface area (TPSA) is 60.4 Å². The Balaban J connectivity index is 0. The van der Waals surface area contributed by atoms with Crippen LogP contribution in [-0.4, -0.2) is 49.7 Å². The fourth-order valence-electron chi connectivity index (χ4n) is 5.04.